The molecule has 128 valence electrons. The maximum atomic E-state index is 12.0. The number of amides is 2. The SMILES string of the molecule is Cl.O=C(CC1CCCN1)Nc1cccc(NC(=O)c2ccoc2)c1. The van der Waals surface area contributed by atoms with Gasteiger partial charge in [-0.3, -0.25) is 9.59 Å². The summed E-state index contributed by atoms with van der Waals surface area (Å²) in [5.74, 6) is -0.278. The largest absolute Gasteiger partial charge is 0.472 e. The van der Waals surface area contributed by atoms with Crippen molar-refractivity contribution in [1.29, 1.82) is 0 Å². The van der Waals surface area contributed by atoms with Crippen LogP contribution in [0, 0.1) is 0 Å². The van der Waals surface area contributed by atoms with Gasteiger partial charge in [-0.2, -0.15) is 0 Å². The minimum absolute atomic E-state index is 0. The van der Waals surface area contributed by atoms with Gasteiger partial charge in [-0.25, -0.2) is 0 Å². The molecule has 0 saturated carbocycles. The number of benzene rings is 1. The number of furan rings is 1. The normalized spacial score (nSPS) is 16.2. The van der Waals surface area contributed by atoms with Gasteiger partial charge in [0.25, 0.3) is 5.91 Å². The molecule has 1 fully saturated rings. The second-order valence-electron chi connectivity index (χ2n) is 5.59. The molecule has 2 heterocycles. The zero-order valence-corrected chi connectivity index (χ0v) is 13.9. The molecule has 7 heteroatoms. The Morgan fingerprint density at radius 2 is 2.00 bits per heavy atom. The smallest absolute Gasteiger partial charge is 0.258 e. The first-order chi connectivity index (χ1) is 11.2. The highest BCUT2D eigenvalue weighted by atomic mass is 35.5. The van der Waals surface area contributed by atoms with Crippen molar-refractivity contribution in [1.82, 2.24) is 5.32 Å². The van der Waals surface area contributed by atoms with Gasteiger partial charge in [0, 0.05) is 23.8 Å². The Labute approximate surface area is 146 Å². The molecule has 0 spiro atoms. The van der Waals surface area contributed by atoms with Crippen LogP contribution in [-0.4, -0.2) is 24.4 Å². The first-order valence-corrected chi connectivity index (χ1v) is 7.67. The van der Waals surface area contributed by atoms with E-state index in [9.17, 15) is 9.59 Å². The quantitative estimate of drug-likeness (QED) is 0.774. The van der Waals surface area contributed by atoms with E-state index in [4.69, 9.17) is 4.42 Å². The maximum absolute atomic E-state index is 12.0. The summed E-state index contributed by atoms with van der Waals surface area (Å²) in [6, 6.07) is 8.95. The van der Waals surface area contributed by atoms with Crippen LogP contribution in [0.15, 0.2) is 47.3 Å². The summed E-state index contributed by atoms with van der Waals surface area (Å²) in [5, 5.41) is 8.94. The van der Waals surface area contributed by atoms with Crippen molar-refractivity contribution in [3.05, 3.63) is 48.4 Å². The molecule has 1 saturated heterocycles. The van der Waals surface area contributed by atoms with E-state index in [2.05, 4.69) is 16.0 Å². The van der Waals surface area contributed by atoms with Gasteiger partial charge in [0.05, 0.1) is 11.8 Å². The molecule has 1 aliphatic rings. The summed E-state index contributed by atoms with van der Waals surface area (Å²) in [7, 11) is 0. The van der Waals surface area contributed by atoms with Crippen molar-refractivity contribution in [2.45, 2.75) is 25.3 Å². The second kappa shape index (κ2) is 8.52. The molecular weight excluding hydrogens is 330 g/mol. The highest BCUT2D eigenvalue weighted by Crippen LogP contribution is 2.17. The fraction of sp³-hybridized carbons (Fsp3) is 0.294. The number of rotatable bonds is 5. The number of carbonyl (C=O) groups excluding carboxylic acids is 2. The molecule has 0 aliphatic carbocycles. The van der Waals surface area contributed by atoms with E-state index < -0.39 is 0 Å². The Balaban J connectivity index is 0.00000208. The van der Waals surface area contributed by atoms with Crippen LogP contribution < -0.4 is 16.0 Å². The van der Waals surface area contributed by atoms with Crippen LogP contribution in [0.1, 0.15) is 29.6 Å². The molecule has 1 atom stereocenters. The molecule has 0 radical (unpaired) electrons. The van der Waals surface area contributed by atoms with Crippen molar-refractivity contribution < 1.29 is 14.0 Å². The molecule has 1 aromatic carbocycles. The van der Waals surface area contributed by atoms with Gasteiger partial charge >= 0.3 is 0 Å². The molecule has 0 bridgehead atoms. The number of halogens is 1. The molecule has 2 amide bonds. The summed E-state index contributed by atoms with van der Waals surface area (Å²) >= 11 is 0. The maximum Gasteiger partial charge on any atom is 0.258 e. The highest BCUT2D eigenvalue weighted by molar-refractivity contribution is 6.04. The van der Waals surface area contributed by atoms with E-state index in [-0.39, 0.29) is 30.3 Å². The summed E-state index contributed by atoms with van der Waals surface area (Å²) in [6.07, 6.45) is 5.45. The number of anilines is 2. The van der Waals surface area contributed by atoms with Crippen molar-refractivity contribution in [3.8, 4) is 0 Å². The predicted molar refractivity (Wildman–Crippen MR) is 94.6 cm³/mol. The van der Waals surface area contributed by atoms with Gasteiger partial charge in [-0.1, -0.05) is 6.07 Å². The van der Waals surface area contributed by atoms with Crippen molar-refractivity contribution >= 4 is 35.6 Å². The standard InChI is InChI=1S/C17H19N3O3.ClH/c21-16(10-13-5-2-7-18-13)19-14-3-1-4-15(9-14)20-17(22)12-6-8-23-11-12;/h1,3-4,6,8-9,11,13,18H,2,5,7,10H2,(H,19,21)(H,20,22);1H. The van der Waals surface area contributed by atoms with Crippen LogP contribution in [0.5, 0.6) is 0 Å². The Morgan fingerprint density at radius 3 is 2.67 bits per heavy atom. The Kier molecular flexibility index (Phi) is 6.40. The van der Waals surface area contributed by atoms with Crippen LogP contribution in [0.4, 0.5) is 11.4 Å². The van der Waals surface area contributed by atoms with Crippen LogP contribution in [0.25, 0.3) is 0 Å². The number of nitrogens with one attached hydrogen (secondary N) is 3. The minimum Gasteiger partial charge on any atom is -0.472 e. The summed E-state index contributed by atoms with van der Waals surface area (Å²) < 4.78 is 4.89. The summed E-state index contributed by atoms with van der Waals surface area (Å²) in [6.45, 7) is 0.980. The summed E-state index contributed by atoms with van der Waals surface area (Å²) in [5.41, 5.74) is 1.73. The van der Waals surface area contributed by atoms with E-state index in [0.717, 1.165) is 19.4 Å². The van der Waals surface area contributed by atoms with E-state index in [1.54, 1.807) is 30.3 Å². The van der Waals surface area contributed by atoms with Gasteiger partial charge in [0.2, 0.25) is 5.91 Å². The van der Waals surface area contributed by atoms with Crippen LogP contribution >= 0.6 is 12.4 Å². The van der Waals surface area contributed by atoms with E-state index in [0.29, 0.717) is 23.4 Å². The van der Waals surface area contributed by atoms with Crippen molar-refractivity contribution in [2.75, 3.05) is 17.2 Å². The van der Waals surface area contributed by atoms with Gasteiger partial charge in [0.1, 0.15) is 6.26 Å². The third-order valence-electron chi connectivity index (χ3n) is 3.78. The third kappa shape index (κ3) is 4.84. The molecule has 3 N–H and O–H groups in total. The topological polar surface area (TPSA) is 83.4 Å². The van der Waals surface area contributed by atoms with Crippen LogP contribution in [0.2, 0.25) is 0 Å². The second-order valence-corrected chi connectivity index (χ2v) is 5.59. The molecule has 24 heavy (non-hydrogen) atoms. The van der Waals surface area contributed by atoms with Crippen LogP contribution in [-0.2, 0) is 4.79 Å². The molecule has 1 aliphatic heterocycles. The molecule has 1 unspecified atom stereocenters. The first-order valence-electron chi connectivity index (χ1n) is 7.67. The Bertz CT molecular complexity index is 682. The lowest BCUT2D eigenvalue weighted by Crippen LogP contribution is -2.27. The summed E-state index contributed by atoms with van der Waals surface area (Å²) in [4.78, 5) is 24.0. The molecule has 3 rings (SSSR count). The minimum atomic E-state index is -0.252. The molecule has 2 aromatic rings. The Hall–Kier alpha value is -2.31. The lowest BCUT2D eigenvalue weighted by Gasteiger charge is -2.11. The lowest BCUT2D eigenvalue weighted by molar-refractivity contribution is -0.116. The number of carbonyl (C=O) groups is 2. The number of hydrogen-bond donors (Lipinski definition) is 3. The van der Waals surface area contributed by atoms with E-state index in [1.165, 1.54) is 12.5 Å². The average Bonchev–Trinajstić information content (AvgIpc) is 3.20. The van der Waals surface area contributed by atoms with E-state index in [1.807, 2.05) is 0 Å². The van der Waals surface area contributed by atoms with Crippen molar-refractivity contribution in [3.63, 3.8) is 0 Å². The fourth-order valence-electron chi connectivity index (χ4n) is 2.64. The van der Waals surface area contributed by atoms with Gasteiger partial charge < -0.3 is 20.4 Å². The van der Waals surface area contributed by atoms with Gasteiger partial charge in [-0.05, 0) is 43.7 Å². The average molecular weight is 350 g/mol. The third-order valence-corrected chi connectivity index (χ3v) is 3.78. The van der Waals surface area contributed by atoms with Crippen molar-refractivity contribution in [2.24, 2.45) is 0 Å². The molecular formula is C17H20ClN3O3. The van der Waals surface area contributed by atoms with Gasteiger partial charge in [0.15, 0.2) is 0 Å². The van der Waals surface area contributed by atoms with Crippen LogP contribution in [0.3, 0.4) is 0 Å². The zero-order chi connectivity index (χ0) is 16.1. The monoisotopic (exact) mass is 349 g/mol. The molecule has 6 nitrogen and oxygen atoms in total. The highest BCUT2D eigenvalue weighted by Gasteiger charge is 2.17. The number of hydrogen-bond acceptors (Lipinski definition) is 4. The molecule has 1 aromatic heterocycles. The van der Waals surface area contributed by atoms with Gasteiger partial charge in [-0.15, -0.1) is 12.4 Å². The lowest BCUT2D eigenvalue weighted by atomic mass is 10.1. The fourth-order valence-corrected chi connectivity index (χ4v) is 2.64. The zero-order valence-electron chi connectivity index (χ0n) is 13.1. The first kappa shape index (κ1) is 18.0. The predicted octanol–water partition coefficient (Wildman–Crippen LogP) is 3.03. The van der Waals surface area contributed by atoms with E-state index >= 15 is 0 Å². The Morgan fingerprint density at radius 1 is 1.21 bits per heavy atom.